The number of fused-ring (bicyclic) bond motifs is 1. The van der Waals surface area contributed by atoms with Gasteiger partial charge < -0.3 is 19.3 Å². The fraction of sp³-hybridized carbons (Fsp3) is 0.571. The number of ether oxygens (including phenoxy) is 1. The van der Waals surface area contributed by atoms with Crippen LogP contribution in [0, 0.1) is 5.82 Å². The van der Waals surface area contributed by atoms with E-state index in [2.05, 4.69) is 4.98 Å². The summed E-state index contributed by atoms with van der Waals surface area (Å²) in [5.74, 6) is -1.28. The number of aromatic nitrogens is 2. The Labute approximate surface area is 169 Å². The highest BCUT2D eigenvalue weighted by Crippen LogP contribution is 2.31. The van der Waals surface area contributed by atoms with Gasteiger partial charge in [-0.1, -0.05) is 0 Å². The molecule has 0 unspecified atom stereocenters. The van der Waals surface area contributed by atoms with Crippen molar-refractivity contribution in [1.82, 2.24) is 9.55 Å². The van der Waals surface area contributed by atoms with Crippen LogP contribution in [0.2, 0.25) is 0 Å². The molecule has 8 heteroatoms. The molecule has 158 valence electrons. The summed E-state index contributed by atoms with van der Waals surface area (Å²) in [6, 6.07) is 0.908. The van der Waals surface area contributed by atoms with Gasteiger partial charge in [0.1, 0.15) is 11.2 Å². The smallest absolute Gasteiger partial charge is 0.343 e. The van der Waals surface area contributed by atoms with Gasteiger partial charge in [0.15, 0.2) is 11.6 Å². The minimum Gasteiger partial charge on any atom is -0.462 e. The summed E-state index contributed by atoms with van der Waals surface area (Å²) in [5.41, 5.74) is -0.982. The Bertz CT molecular complexity index is 994. The molecule has 0 aromatic carbocycles. The van der Waals surface area contributed by atoms with Gasteiger partial charge >= 0.3 is 5.97 Å². The molecular weight excluding hydrogens is 377 g/mol. The molecule has 0 amide bonds. The number of rotatable bonds is 4. The molecule has 2 atom stereocenters. The second-order valence-corrected chi connectivity index (χ2v) is 8.44. The zero-order chi connectivity index (χ0) is 21.5. The molecule has 2 aromatic rings. The maximum atomic E-state index is 15.0. The third-order valence-electron chi connectivity index (χ3n) is 5.26. The lowest BCUT2D eigenvalue weighted by Crippen LogP contribution is -2.39. The van der Waals surface area contributed by atoms with Crippen LogP contribution in [0.3, 0.4) is 0 Å². The van der Waals surface area contributed by atoms with Gasteiger partial charge in [0.25, 0.3) is 0 Å². The number of halogens is 1. The van der Waals surface area contributed by atoms with Crippen LogP contribution in [0.25, 0.3) is 11.0 Å². The van der Waals surface area contributed by atoms with Crippen molar-refractivity contribution in [3.63, 3.8) is 0 Å². The number of carbonyl (C=O) groups is 1. The second-order valence-electron chi connectivity index (χ2n) is 8.44. The molecule has 1 aliphatic rings. The maximum Gasteiger partial charge on any atom is 0.343 e. The van der Waals surface area contributed by atoms with Crippen molar-refractivity contribution in [1.29, 1.82) is 0 Å². The second kappa shape index (κ2) is 7.74. The third kappa shape index (κ3) is 3.85. The first-order chi connectivity index (χ1) is 13.6. The average Bonchev–Trinajstić information content (AvgIpc) is 3.11. The van der Waals surface area contributed by atoms with Gasteiger partial charge in [-0.2, -0.15) is 0 Å². The third-order valence-corrected chi connectivity index (χ3v) is 5.26. The van der Waals surface area contributed by atoms with Gasteiger partial charge in [-0.25, -0.2) is 14.2 Å². The van der Waals surface area contributed by atoms with E-state index in [9.17, 15) is 14.7 Å². The number of carbonyl (C=O) groups excluding carboxylic acids is 1. The number of hydrogen-bond acceptors (Lipinski definition) is 6. The SMILES string of the molecule is CCOC(=O)c1cn(C(C)(C)C)c2nc(N3CCC[C@H]3[C@@H](C)O)c(F)cc2c1=O. The van der Waals surface area contributed by atoms with Crippen molar-refractivity contribution in [3.05, 3.63) is 33.9 Å². The summed E-state index contributed by atoms with van der Waals surface area (Å²) in [6.45, 7) is 9.77. The highest BCUT2D eigenvalue weighted by molar-refractivity contribution is 5.93. The Hall–Kier alpha value is -2.48. The molecule has 0 bridgehead atoms. The molecule has 1 saturated heterocycles. The highest BCUT2D eigenvalue weighted by Gasteiger charge is 2.32. The fourth-order valence-electron chi connectivity index (χ4n) is 3.84. The lowest BCUT2D eigenvalue weighted by molar-refractivity contribution is 0.0524. The number of pyridine rings is 2. The number of aliphatic hydroxyl groups excluding tert-OH is 1. The Morgan fingerprint density at radius 2 is 2.14 bits per heavy atom. The largest absolute Gasteiger partial charge is 0.462 e. The van der Waals surface area contributed by atoms with Crippen LogP contribution in [0.15, 0.2) is 17.1 Å². The molecule has 0 aliphatic carbocycles. The predicted octanol–water partition coefficient (Wildman–Crippen LogP) is 2.82. The number of hydrogen-bond donors (Lipinski definition) is 1. The van der Waals surface area contributed by atoms with Crippen molar-refractivity contribution in [3.8, 4) is 0 Å². The van der Waals surface area contributed by atoms with Gasteiger partial charge in [0.05, 0.1) is 24.1 Å². The Morgan fingerprint density at radius 3 is 2.72 bits per heavy atom. The highest BCUT2D eigenvalue weighted by atomic mass is 19.1. The van der Waals surface area contributed by atoms with E-state index in [1.807, 2.05) is 20.8 Å². The average molecular weight is 405 g/mol. The first kappa shape index (κ1) is 21.2. The van der Waals surface area contributed by atoms with E-state index in [1.165, 1.54) is 6.20 Å². The van der Waals surface area contributed by atoms with Gasteiger partial charge in [0, 0.05) is 18.3 Å². The van der Waals surface area contributed by atoms with E-state index in [-0.39, 0.29) is 29.4 Å². The zero-order valence-electron chi connectivity index (χ0n) is 17.5. The Morgan fingerprint density at radius 1 is 1.45 bits per heavy atom. The molecule has 7 nitrogen and oxygen atoms in total. The number of aliphatic hydroxyl groups is 1. The summed E-state index contributed by atoms with van der Waals surface area (Å²) >= 11 is 0. The Kier molecular flexibility index (Phi) is 5.67. The van der Waals surface area contributed by atoms with Crippen molar-refractivity contribution in [2.45, 2.75) is 65.1 Å². The summed E-state index contributed by atoms with van der Waals surface area (Å²) in [5, 5.41) is 10.1. The molecular formula is C21H28FN3O4. The molecule has 0 spiro atoms. The first-order valence-corrected chi connectivity index (χ1v) is 9.94. The predicted molar refractivity (Wildman–Crippen MR) is 109 cm³/mol. The molecule has 1 fully saturated rings. The number of anilines is 1. The van der Waals surface area contributed by atoms with Crippen LogP contribution < -0.4 is 10.3 Å². The minimum absolute atomic E-state index is 0.0273. The number of nitrogens with zero attached hydrogens (tertiary/aromatic N) is 3. The van der Waals surface area contributed by atoms with Crippen LogP contribution >= 0.6 is 0 Å². The van der Waals surface area contributed by atoms with Crippen LogP contribution in [-0.4, -0.2) is 45.9 Å². The van der Waals surface area contributed by atoms with E-state index >= 15 is 4.39 Å². The van der Waals surface area contributed by atoms with Crippen molar-refractivity contribution >= 4 is 22.8 Å². The standard InChI is InChI=1S/C21H28FN3O4/c1-6-29-20(28)14-11-25(21(3,4)5)18-13(17(14)27)10-15(22)19(23-18)24-9-7-8-16(24)12(2)26/h10-12,16,26H,6-9H2,1-5H3/t12-,16+/m1/s1. The van der Waals surface area contributed by atoms with Crippen molar-refractivity contribution in [2.24, 2.45) is 0 Å². The van der Waals surface area contributed by atoms with Crippen LogP contribution in [0.4, 0.5) is 10.2 Å². The van der Waals surface area contributed by atoms with Crippen LogP contribution in [-0.2, 0) is 10.3 Å². The van der Waals surface area contributed by atoms with E-state index in [0.29, 0.717) is 12.2 Å². The number of esters is 1. The normalized spacial score (nSPS) is 18.3. The molecule has 29 heavy (non-hydrogen) atoms. The van der Waals surface area contributed by atoms with Crippen molar-refractivity contribution < 1.29 is 19.0 Å². The summed E-state index contributed by atoms with van der Waals surface area (Å²) < 4.78 is 21.7. The topological polar surface area (TPSA) is 84.7 Å². The molecule has 2 aromatic heterocycles. The fourth-order valence-corrected chi connectivity index (χ4v) is 3.84. The van der Waals surface area contributed by atoms with Gasteiger partial charge in [-0.05, 0) is 53.5 Å². The lowest BCUT2D eigenvalue weighted by atomic mass is 10.1. The van der Waals surface area contributed by atoms with Gasteiger partial charge in [-0.15, -0.1) is 0 Å². The zero-order valence-corrected chi connectivity index (χ0v) is 17.5. The molecule has 0 saturated carbocycles. The molecule has 3 heterocycles. The molecule has 3 rings (SSSR count). The van der Waals surface area contributed by atoms with Crippen LogP contribution in [0.5, 0.6) is 0 Å². The molecule has 0 radical (unpaired) electrons. The van der Waals surface area contributed by atoms with Crippen LogP contribution in [0.1, 0.15) is 57.8 Å². The maximum absolute atomic E-state index is 15.0. The quantitative estimate of drug-likeness (QED) is 0.788. The summed E-state index contributed by atoms with van der Waals surface area (Å²) in [4.78, 5) is 31.5. The first-order valence-electron chi connectivity index (χ1n) is 9.94. The lowest BCUT2D eigenvalue weighted by Gasteiger charge is -2.30. The van der Waals surface area contributed by atoms with E-state index in [0.717, 1.165) is 18.9 Å². The molecule has 1 N–H and O–H groups in total. The summed E-state index contributed by atoms with van der Waals surface area (Å²) in [6.07, 6.45) is 2.37. The van der Waals surface area contributed by atoms with Gasteiger partial charge in [-0.3, -0.25) is 4.79 Å². The van der Waals surface area contributed by atoms with Crippen molar-refractivity contribution in [2.75, 3.05) is 18.1 Å². The van der Waals surface area contributed by atoms with E-state index < -0.39 is 28.9 Å². The van der Waals surface area contributed by atoms with E-state index in [4.69, 9.17) is 4.74 Å². The minimum atomic E-state index is -0.740. The molecule has 1 aliphatic heterocycles. The van der Waals surface area contributed by atoms with Gasteiger partial charge in [0.2, 0.25) is 5.43 Å². The monoisotopic (exact) mass is 405 g/mol. The summed E-state index contributed by atoms with van der Waals surface area (Å²) in [7, 11) is 0. The Balaban J connectivity index is 2.28. The van der Waals surface area contributed by atoms with E-state index in [1.54, 1.807) is 23.3 Å².